The van der Waals surface area contributed by atoms with Gasteiger partial charge in [-0.3, -0.25) is 9.59 Å². The van der Waals surface area contributed by atoms with E-state index < -0.39 is 23.6 Å². The monoisotopic (exact) mass is 294 g/mol. The number of amides is 2. The van der Waals surface area contributed by atoms with Crippen LogP contribution in [0.15, 0.2) is 18.2 Å². The molecule has 0 aromatic heterocycles. The molecular weight excluding hydrogens is 279 g/mol. The zero-order chi connectivity index (χ0) is 15.6. The fraction of sp³-hybridized carbons (Fsp3) is 0.357. The number of rotatable bonds is 4. The predicted octanol–water partition coefficient (Wildman–Crippen LogP) is 1.33. The van der Waals surface area contributed by atoms with Crippen molar-refractivity contribution in [3.63, 3.8) is 0 Å². The first-order chi connectivity index (χ1) is 9.92. The number of hydrogen-bond acceptors (Lipinski definition) is 3. The molecule has 21 heavy (non-hydrogen) atoms. The standard InChI is InChI=1S/C14H15FN2O4/c1-2-17-7-9(6-12(17)18)13(19)16-11-5-8(14(20)21)3-4-10(11)15/h3-5,9H,2,6-7H2,1H3,(H,16,19)(H,20,21). The van der Waals surface area contributed by atoms with Crippen LogP contribution in [0, 0.1) is 11.7 Å². The lowest BCUT2D eigenvalue weighted by Gasteiger charge is -2.14. The first-order valence-electron chi connectivity index (χ1n) is 6.53. The summed E-state index contributed by atoms with van der Waals surface area (Å²) >= 11 is 0. The van der Waals surface area contributed by atoms with E-state index in [2.05, 4.69) is 5.32 Å². The molecule has 2 amide bonds. The molecule has 0 aliphatic carbocycles. The van der Waals surface area contributed by atoms with E-state index in [1.54, 1.807) is 4.90 Å². The van der Waals surface area contributed by atoms with Crippen molar-refractivity contribution in [2.24, 2.45) is 5.92 Å². The van der Waals surface area contributed by atoms with Gasteiger partial charge in [-0.05, 0) is 25.1 Å². The molecule has 1 fully saturated rings. The maximum atomic E-state index is 13.6. The largest absolute Gasteiger partial charge is 0.478 e. The Morgan fingerprint density at radius 1 is 1.48 bits per heavy atom. The quantitative estimate of drug-likeness (QED) is 0.877. The molecule has 1 aromatic rings. The van der Waals surface area contributed by atoms with Gasteiger partial charge in [-0.25, -0.2) is 9.18 Å². The number of carboxylic acid groups (broad SMARTS) is 1. The van der Waals surface area contributed by atoms with Crippen LogP contribution in [0.2, 0.25) is 0 Å². The van der Waals surface area contributed by atoms with Gasteiger partial charge < -0.3 is 15.3 Å². The van der Waals surface area contributed by atoms with Crippen molar-refractivity contribution in [1.82, 2.24) is 4.90 Å². The summed E-state index contributed by atoms with van der Waals surface area (Å²) < 4.78 is 13.6. The fourth-order valence-corrected chi connectivity index (χ4v) is 2.24. The average Bonchev–Trinajstić information content (AvgIpc) is 2.82. The Morgan fingerprint density at radius 2 is 2.19 bits per heavy atom. The molecule has 1 aliphatic heterocycles. The highest BCUT2D eigenvalue weighted by Crippen LogP contribution is 2.21. The summed E-state index contributed by atoms with van der Waals surface area (Å²) in [6.07, 6.45) is 0.0832. The number of nitrogens with zero attached hydrogens (tertiary/aromatic N) is 1. The summed E-state index contributed by atoms with van der Waals surface area (Å²) in [5.41, 5.74) is -0.313. The lowest BCUT2D eigenvalue weighted by Crippen LogP contribution is -2.28. The van der Waals surface area contributed by atoms with Crippen molar-refractivity contribution in [2.75, 3.05) is 18.4 Å². The molecule has 0 spiro atoms. The van der Waals surface area contributed by atoms with E-state index in [1.807, 2.05) is 6.92 Å². The van der Waals surface area contributed by atoms with Crippen molar-refractivity contribution in [3.8, 4) is 0 Å². The Kier molecular flexibility index (Phi) is 4.21. The Balaban J connectivity index is 2.11. The van der Waals surface area contributed by atoms with Crippen LogP contribution in [0.25, 0.3) is 0 Å². The minimum atomic E-state index is -1.21. The molecule has 1 unspecified atom stereocenters. The van der Waals surface area contributed by atoms with Gasteiger partial charge in [-0.15, -0.1) is 0 Å². The van der Waals surface area contributed by atoms with E-state index in [0.717, 1.165) is 18.2 Å². The highest BCUT2D eigenvalue weighted by Gasteiger charge is 2.33. The molecule has 1 aliphatic rings. The van der Waals surface area contributed by atoms with Gasteiger partial charge in [0, 0.05) is 19.5 Å². The second-order valence-corrected chi connectivity index (χ2v) is 4.82. The van der Waals surface area contributed by atoms with Crippen LogP contribution in [0.1, 0.15) is 23.7 Å². The number of aromatic carboxylic acids is 1. The minimum Gasteiger partial charge on any atom is -0.478 e. The summed E-state index contributed by atoms with van der Waals surface area (Å²) in [5, 5.41) is 11.2. The topological polar surface area (TPSA) is 86.7 Å². The number of benzene rings is 1. The number of anilines is 1. The van der Waals surface area contributed by atoms with Gasteiger partial charge in [0.2, 0.25) is 11.8 Å². The van der Waals surface area contributed by atoms with E-state index in [1.165, 1.54) is 0 Å². The third-order valence-electron chi connectivity index (χ3n) is 3.44. The normalized spacial score (nSPS) is 17.9. The lowest BCUT2D eigenvalue weighted by atomic mass is 10.1. The number of carboxylic acids is 1. The zero-order valence-corrected chi connectivity index (χ0v) is 11.4. The maximum Gasteiger partial charge on any atom is 0.335 e. The smallest absolute Gasteiger partial charge is 0.335 e. The van der Waals surface area contributed by atoms with Crippen LogP contribution in [0.3, 0.4) is 0 Å². The van der Waals surface area contributed by atoms with Crippen LogP contribution in [-0.4, -0.2) is 40.9 Å². The van der Waals surface area contributed by atoms with Crippen LogP contribution < -0.4 is 5.32 Å². The lowest BCUT2D eigenvalue weighted by molar-refractivity contribution is -0.128. The summed E-state index contributed by atoms with van der Waals surface area (Å²) in [6.45, 7) is 2.63. The van der Waals surface area contributed by atoms with E-state index in [0.29, 0.717) is 13.1 Å². The highest BCUT2D eigenvalue weighted by atomic mass is 19.1. The highest BCUT2D eigenvalue weighted by molar-refractivity contribution is 5.98. The van der Waals surface area contributed by atoms with Crippen LogP contribution in [0.5, 0.6) is 0 Å². The molecule has 0 bridgehead atoms. The Morgan fingerprint density at radius 3 is 2.76 bits per heavy atom. The van der Waals surface area contributed by atoms with Crippen molar-refractivity contribution in [3.05, 3.63) is 29.6 Å². The summed E-state index contributed by atoms with van der Waals surface area (Å²) in [4.78, 5) is 36.0. The maximum absolute atomic E-state index is 13.6. The molecule has 1 atom stereocenters. The first-order valence-corrected chi connectivity index (χ1v) is 6.53. The van der Waals surface area contributed by atoms with Crippen molar-refractivity contribution in [1.29, 1.82) is 0 Å². The van der Waals surface area contributed by atoms with Gasteiger partial charge in [-0.2, -0.15) is 0 Å². The fourth-order valence-electron chi connectivity index (χ4n) is 2.24. The van der Waals surface area contributed by atoms with Gasteiger partial charge in [0.05, 0.1) is 17.2 Å². The second-order valence-electron chi connectivity index (χ2n) is 4.82. The Bertz CT molecular complexity index is 603. The molecule has 7 heteroatoms. The van der Waals surface area contributed by atoms with Gasteiger partial charge in [0.1, 0.15) is 5.82 Å². The number of nitrogens with one attached hydrogen (secondary N) is 1. The number of carbonyl (C=O) groups excluding carboxylic acids is 2. The first kappa shape index (κ1) is 15.0. The number of halogens is 1. The molecule has 112 valence electrons. The molecule has 0 saturated carbocycles. The minimum absolute atomic E-state index is 0.0832. The van der Waals surface area contributed by atoms with Gasteiger partial charge in [0.15, 0.2) is 0 Å². The van der Waals surface area contributed by atoms with E-state index in [4.69, 9.17) is 5.11 Å². The molecule has 1 heterocycles. The molecule has 6 nitrogen and oxygen atoms in total. The van der Waals surface area contributed by atoms with Crippen molar-refractivity contribution >= 4 is 23.5 Å². The van der Waals surface area contributed by atoms with Crippen LogP contribution in [-0.2, 0) is 9.59 Å². The molecule has 2 rings (SSSR count). The van der Waals surface area contributed by atoms with Crippen molar-refractivity contribution in [2.45, 2.75) is 13.3 Å². The Hall–Kier alpha value is -2.44. The SMILES string of the molecule is CCN1CC(C(=O)Nc2cc(C(=O)O)ccc2F)CC1=O. The molecular formula is C14H15FN2O4. The number of carbonyl (C=O) groups is 3. The number of hydrogen-bond donors (Lipinski definition) is 2. The number of likely N-dealkylation sites (tertiary alicyclic amines) is 1. The van der Waals surface area contributed by atoms with Crippen LogP contribution in [0.4, 0.5) is 10.1 Å². The molecule has 1 aromatic carbocycles. The molecule has 1 saturated heterocycles. The molecule has 0 radical (unpaired) electrons. The Labute approximate surface area is 120 Å². The van der Waals surface area contributed by atoms with Gasteiger partial charge in [-0.1, -0.05) is 0 Å². The summed E-state index contributed by atoms with van der Waals surface area (Å²) in [6, 6.07) is 3.16. The van der Waals surface area contributed by atoms with Crippen LogP contribution >= 0.6 is 0 Å². The van der Waals surface area contributed by atoms with E-state index in [-0.39, 0.29) is 23.6 Å². The van der Waals surface area contributed by atoms with E-state index >= 15 is 0 Å². The van der Waals surface area contributed by atoms with Gasteiger partial charge in [0.25, 0.3) is 0 Å². The predicted molar refractivity (Wildman–Crippen MR) is 72.4 cm³/mol. The van der Waals surface area contributed by atoms with E-state index in [9.17, 15) is 18.8 Å². The summed E-state index contributed by atoms with van der Waals surface area (Å²) in [5.74, 6) is -3.08. The summed E-state index contributed by atoms with van der Waals surface area (Å²) in [7, 11) is 0. The third kappa shape index (κ3) is 3.18. The third-order valence-corrected chi connectivity index (χ3v) is 3.44. The van der Waals surface area contributed by atoms with Crippen molar-refractivity contribution < 1.29 is 23.9 Å². The van der Waals surface area contributed by atoms with Gasteiger partial charge >= 0.3 is 5.97 Å². The average molecular weight is 294 g/mol. The zero-order valence-electron chi connectivity index (χ0n) is 11.4. The molecule has 2 N–H and O–H groups in total. The second kappa shape index (κ2) is 5.90.